The summed E-state index contributed by atoms with van der Waals surface area (Å²) in [4.78, 5) is 24.9. The average molecular weight is 381 g/mol. The SMILES string of the molecule is Cc1nc2cc(NC(=O)N3CC[C@H](Oc4cccnc4N(C)C)C3)ccc2o1. The average Bonchev–Trinajstić information content (AvgIpc) is 3.27. The molecule has 1 aliphatic heterocycles. The molecule has 8 nitrogen and oxygen atoms in total. The van der Waals surface area contributed by atoms with Crippen LogP contribution < -0.4 is 15.0 Å². The fourth-order valence-electron chi connectivity index (χ4n) is 3.32. The van der Waals surface area contributed by atoms with Crippen molar-refractivity contribution in [2.45, 2.75) is 19.4 Å². The van der Waals surface area contributed by atoms with Crippen molar-refractivity contribution in [2.75, 3.05) is 37.4 Å². The molecule has 0 bridgehead atoms. The highest BCUT2D eigenvalue weighted by Gasteiger charge is 2.28. The summed E-state index contributed by atoms with van der Waals surface area (Å²) in [6, 6.07) is 9.04. The number of benzene rings is 1. The first-order valence-electron chi connectivity index (χ1n) is 9.22. The number of carbonyl (C=O) groups is 1. The molecule has 0 aliphatic carbocycles. The van der Waals surface area contributed by atoms with Gasteiger partial charge in [-0.05, 0) is 30.3 Å². The van der Waals surface area contributed by atoms with Gasteiger partial charge in [0.1, 0.15) is 11.6 Å². The Morgan fingerprint density at radius 2 is 2.21 bits per heavy atom. The van der Waals surface area contributed by atoms with Crippen molar-refractivity contribution in [1.82, 2.24) is 14.9 Å². The molecule has 3 heterocycles. The number of hydrogen-bond donors (Lipinski definition) is 1. The molecule has 28 heavy (non-hydrogen) atoms. The number of aryl methyl sites for hydroxylation is 1. The number of aromatic nitrogens is 2. The van der Waals surface area contributed by atoms with E-state index in [1.165, 1.54) is 0 Å². The van der Waals surface area contributed by atoms with E-state index < -0.39 is 0 Å². The molecule has 1 N–H and O–H groups in total. The van der Waals surface area contributed by atoms with E-state index in [9.17, 15) is 4.79 Å². The Morgan fingerprint density at radius 3 is 3.04 bits per heavy atom. The highest BCUT2D eigenvalue weighted by Crippen LogP contribution is 2.27. The number of anilines is 2. The van der Waals surface area contributed by atoms with Gasteiger partial charge >= 0.3 is 6.03 Å². The van der Waals surface area contributed by atoms with Gasteiger partial charge in [0.25, 0.3) is 0 Å². The van der Waals surface area contributed by atoms with Gasteiger partial charge in [-0.1, -0.05) is 0 Å². The summed E-state index contributed by atoms with van der Waals surface area (Å²) in [5.74, 6) is 2.11. The van der Waals surface area contributed by atoms with E-state index >= 15 is 0 Å². The van der Waals surface area contributed by atoms with E-state index in [0.717, 1.165) is 23.5 Å². The molecule has 2 amide bonds. The second-order valence-electron chi connectivity index (χ2n) is 7.04. The molecule has 1 aliphatic rings. The van der Waals surface area contributed by atoms with Crippen molar-refractivity contribution in [3.63, 3.8) is 0 Å². The van der Waals surface area contributed by atoms with Crippen LogP contribution in [-0.4, -0.2) is 54.2 Å². The Bertz CT molecular complexity index is 1000. The van der Waals surface area contributed by atoms with Crippen molar-refractivity contribution < 1.29 is 13.9 Å². The highest BCUT2D eigenvalue weighted by atomic mass is 16.5. The summed E-state index contributed by atoms with van der Waals surface area (Å²) >= 11 is 0. The number of nitrogens with zero attached hydrogens (tertiary/aromatic N) is 4. The summed E-state index contributed by atoms with van der Waals surface area (Å²) in [7, 11) is 3.85. The number of carbonyl (C=O) groups excluding carboxylic acids is 1. The molecule has 4 rings (SSSR count). The van der Waals surface area contributed by atoms with Crippen molar-refractivity contribution in [3.8, 4) is 5.75 Å². The maximum atomic E-state index is 12.6. The van der Waals surface area contributed by atoms with Crippen molar-refractivity contribution in [2.24, 2.45) is 0 Å². The second kappa shape index (κ2) is 7.38. The minimum Gasteiger partial charge on any atom is -0.485 e. The number of likely N-dealkylation sites (tertiary alicyclic amines) is 1. The van der Waals surface area contributed by atoms with Gasteiger partial charge in [0.15, 0.2) is 23.0 Å². The largest absolute Gasteiger partial charge is 0.485 e. The lowest BCUT2D eigenvalue weighted by molar-refractivity contribution is 0.195. The Labute approximate surface area is 163 Å². The van der Waals surface area contributed by atoms with Crippen LogP contribution in [0.15, 0.2) is 40.9 Å². The first-order valence-corrected chi connectivity index (χ1v) is 9.22. The first kappa shape index (κ1) is 18.1. The summed E-state index contributed by atoms with van der Waals surface area (Å²) in [6.07, 6.45) is 2.45. The molecular formula is C20H23N5O3. The molecule has 8 heteroatoms. The summed E-state index contributed by atoms with van der Waals surface area (Å²) in [5.41, 5.74) is 2.13. The Hall–Kier alpha value is -3.29. The second-order valence-corrected chi connectivity index (χ2v) is 7.04. The zero-order valence-electron chi connectivity index (χ0n) is 16.2. The molecule has 2 aromatic heterocycles. The highest BCUT2D eigenvalue weighted by molar-refractivity contribution is 5.91. The number of hydrogen-bond acceptors (Lipinski definition) is 6. The summed E-state index contributed by atoms with van der Waals surface area (Å²) < 4.78 is 11.6. The summed E-state index contributed by atoms with van der Waals surface area (Å²) in [6.45, 7) is 2.96. The lowest BCUT2D eigenvalue weighted by Crippen LogP contribution is -2.34. The van der Waals surface area contributed by atoms with Crippen LogP contribution in [0.1, 0.15) is 12.3 Å². The van der Waals surface area contributed by atoms with Crippen molar-refractivity contribution in [3.05, 3.63) is 42.4 Å². The quantitative estimate of drug-likeness (QED) is 0.747. The molecule has 146 valence electrons. The van der Waals surface area contributed by atoms with Crippen LogP contribution >= 0.6 is 0 Å². The lowest BCUT2D eigenvalue weighted by Gasteiger charge is -2.20. The Morgan fingerprint density at radius 1 is 1.36 bits per heavy atom. The number of pyridine rings is 1. The number of fused-ring (bicyclic) bond motifs is 1. The monoisotopic (exact) mass is 381 g/mol. The molecule has 3 aromatic rings. The zero-order valence-corrected chi connectivity index (χ0v) is 16.2. The molecule has 0 unspecified atom stereocenters. The zero-order chi connectivity index (χ0) is 19.7. The van der Waals surface area contributed by atoms with Crippen LogP contribution in [0.2, 0.25) is 0 Å². The molecule has 0 spiro atoms. The van der Waals surface area contributed by atoms with Crippen LogP contribution in [0.5, 0.6) is 5.75 Å². The van der Waals surface area contributed by atoms with Gasteiger partial charge in [0.2, 0.25) is 0 Å². The molecule has 1 saturated heterocycles. The fraction of sp³-hybridized carbons (Fsp3) is 0.350. The molecule has 1 aromatic carbocycles. The van der Waals surface area contributed by atoms with Crippen LogP contribution in [0.4, 0.5) is 16.3 Å². The third kappa shape index (κ3) is 3.71. The molecule has 1 fully saturated rings. The van der Waals surface area contributed by atoms with Gasteiger partial charge in [-0.3, -0.25) is 0 Å². The fourth-order valence-corrected chi connectivity index (χ4v) is 3.32. The van der Waals surface area contributed by atoms with Crippen LogP contribution in [0, 0.1) is 6.92 Å². The number of amides is 2. The molecule has 1 atom stereocenters. The van der Waals surface area contributed by atoms with Gasteiger partial charge in [-0.2, -0.15) is 0 Å². The number of nitrogens with one attached hydrogen (secondary N) is 1. The Kier molecular flexibility index (Phi) is 4.77. The normalized spacial score (nSPS) is 16.4. The predicted molar refractivity (Wildman–Crippen MR) is 107 cm³/mol. The Balaban J connectivity index is 1.38. The molecule has 0 saturated carbocycles. The van der Waals surface area contributed by atoms with Gasteiger partial charge in [0.05, 0.1) is 6.54 Å². The number of urea groups is 1. The minimum atomic E-state index is -0.148. The van der Waals surface area contributed by atoms with E-state index in [-0.39, 0.29) is 12.1 Å². The maximum absolute atomic E-state index is 12.6. The smallest absolute Gasteiger partial charge is 0.321 e. The number of ether oxygens (including phenoxy) is 1. The van der Waals surface area contributed by atoms with Gasteiger partial charge in [0, 0.05) is 45.9 Å². The van der Waals surface area contributed by atoms with Crippen molar-refractivity contribution in [1.29, 1.82) is 0 Å². The molecular weight excluding hydrogens is 358 g/mol. The van der Waals surface area contributed by atoms with E-state index in [2.05, 4.69) is 15.3 Å². The lowest BCUT2D eigenvalue weighted by atomic mass is 10.3. The topological polar surface area (TPSA) is 83.7 Å². The third-order valence-electron chi connectivity index (χ3n) is 4.65. The standard InChI is InChI=1S/C20H23N5O3/c1-13-22-16-11-14(6-7-17(16)27-13)23-20(26)25-10-8-15(12-25)28-18-5-4-9-21-19(18)24(2)3/h4-7,9,11,15H,8,10,12H2,1-3H3,(H,23,26)/t15-/m0/s1. The first-order chi connectivity index (χ1) is 13.5. The van der Waals surface area contributed by atoms with Gasteiger partial charge < -0.3 is 24.3 Å². The number of rotatable bonds is 4. The predicted octanol–water partition coefficient (Wildman–Crippen LogP) is 3.28. The summed E-state index contributed by atoms with van der Waals surface area (Å²) in [5, 5.41) is 2.93. The number of oxazole rings is 1. The molecule has 0 radical (unpaired) electrons. The maximum Gasteiger partial charge on any atom is 0.321 e. The van der Waals surface area contributed by atoms with Gasteiger partial charge in [-0.15, -0.1) is 0 Å². The van der Waals surface area contributed by atoms with Crippen LogP contribution in [0.3, 0.4) is 0 Å². The van der Waals surface area contributed by atoms with Crippen LogP contribution in [0.25, 0.3) is 11.1 Å². The van der Waals surface area contributed by atoms with E-state index in [1.807, 2.05) is 49.3 Å². The van der Waals surface area contributed by atoms with E-state index in [4.69, 9.17) is 9.15 Å². The third-order valence-corrected chi connectivity index (χ3v) is 4.65. The van der Waals surface area contributed by atoms with Crippen molar-refractivity contribution >= 4 is 28.6 Å². The minimum absolute atomic E-state index is 0.0608. The van der Waals surface area contributed by atoms with Gasteiger partial charge in [-0.25, -0.2) is 14.8 Å². The van der Waals surface area contributed by atoms with Crippen LogP contribution in [-0.2, 0) is 0 Å². The van der Waals surface area contributed by atoms with E-state index in [1.54, 1.807) is 18.0 Å². The van der Waals surface area contributed by atoms with E-state index in [0.29, 0.717) is 30.3 Å².